The van der Waals surface area contributed by atoms with Crippen LogP contribution < -0.4 is 25.1 Å². The number of ether oxygens (including phenoxy) is 3. The molecule has 0 aliphatic carbocycles. The number of halogens is 15. The molecule has 3 aliphatic rings. The molecule has 0 aromatic heterocycles. The Hall–Kier alpha value is -3.13. The van der Waals surface area contributed by atoms with Crippen LogP contribution in [0.1, 0.15) is 105 Å². The highest BCUT2D eigenvalue weighted by Gasteiger charge is 2.64. The quantitative estimate of drug-likeness (QED) is 0.0635. The van der Waals surface area contributed by atoms with Crippen LogP contribution in [0.25, 0.3) is 0 Å². The van der Waals surface area contributed by atoms with Crippen molar-refractivity contribution in [2.45, 2.75) is 169 Å². The van der Waals surface area contributed by atoms with Crippen LogP contribution in [0.15, 0.2) is 81.7 Å². The third kappa shape index (κ3) is 26.1. The summed E-state index contributed by atoms with van der Waals surface area (Å²) < 4.78 is 190. The minimum atomic E-state index is -4.39. The molecule has 3 N–H and O–H groups in total. The molecule has 0 atom stereocenters. The summed E-state index contributed by atoms with van der Waals surface area (Å²) in [6, 6.07) is 18.5. The number of phenols is 1. The molecule has 3 saturated heterocycles. The zero-order valence-electron chi connectivity index (χ0n) is 49.8. The lowest BCUT2D eigenvalue weighted by Crippen LogP contribution is -2.41. The number of aromatic hydroxyl groups is 1. The predicted octanol–water partition coefficient (Wildman–Crippen LogP) is 14.2. The number of rotatable bonds is 9. The van der Waals surface area contributed by atoms with Gasteiger partial charge in [0.1, 0.15) is 23.0 Å². The van der Waals surface area contributed by atoms with Crippen molar-refractivity contribution in [3.63, 3.8) is 0 Å². The van der Waals surface area contributed by atoms with E-state index in [0.717, 1.165) is 31.1 Å². The summed E-state index contributed by atoms with van der Waals surface area (Å²) in [5.41, 5.74) is 1.76. The lowest BCUT2D eigenvalue weighted by Gasteiger charge is -2.32. The minimum absolute atomic E-state index is 0.0409. The summed E-state index contributed by atoms with van der Waals surface area (Å²) in [6.45, 7) is 27.1. The van der Waals surface area contributed by atoms with Crippen molar-refractivity contribution in [2.75, 3.05) is 24.2 Å². The van der Waals surface area contributed by atoms with Crippen molar-refractivity contribution in [2.24, 2.45) is 0 Å². The molecule has 0 radical (unpaired) electrons. The maximum atomic E-state index is 12.2. The van der Waals surface area contributed by atoms with Gasteiger partial charge >= 0.3 is 53.0 Å². The van der Waals surface area contributed by atoms with Gasteiger partial charge in [-0.1, -0.05) is 66.6 Å². The molecule has 3 fully saturated rings. The van der Waals surface area contributed by atoms with Gasteiger partial charge in [0.2, 0.25) is 0 Å². The van der Waals surface area contributed by atoms with Crippen LogP contribution in [0.5, 0.6) is 23.0 Å². The number of hydrogen-bond acceptors (Lipinski definition) is 12. The summed E-state index contributed by atoms with van der Waals surface area (Å²) in [4.78, 5) is 0. The summed E-state index contributed by atoms with van der Waals surface area (Å²) in [5, 5.41) is 26.7. The Morgan fingerprint density at radius 1 is 0.447 bits per heavy atom. The Labute approximate surface area is 521 Å². The number of hydrogen-bond donors (Lipinski definition) is 3. The molecular formula is C54H71B4Br2F12IO12. The van der Waals surface area contributed by atoms with Crippen molar-refractivity contribution in [1.29, 1.82) is 0 Å². The molecule has 7 rings (SSSR count). The van der Waals surface area contributed by atoms with E-state index in [9.17, 15) is 52.7 Å². The van der Waals surface area contributed by atoms with Crippen molar-refractivity contribution >= 4 is 93.6 Å². The Bertz CT molecular complexity index is 2690. The van der Waals surface area contributed by atoms with E-state index in [0.29, 0.717) is 11.3 Å². The summed E-state index contributed by atoms with van der Waals surface area (Å²) >= 11 is 7.83. The number of aryl methyl sites for hydroxylation is 4. The van der Waals surface area contributed by atoms with Crippen LogP contribution in [-0.2, 0) is 27.9 Å². The molecule has 3 heterocycles. The highest BCUT2D eigenvalue weighted by atomic mass is 127. The van der Waals surface area contributed by atoms with Gasteiger partial charge in [-0.3, -0.25) is 0 Å². The van der Waals surface area contributed by atoms with Gasteiger partial charge in [0.15, 0.2) is 19.8 Å². The topological polar surface area (TPSA) is 144 Å². The Morgan fingerprint density at radius 2 is 0.741 bits per heavy atom. The van der Waals surface area contributed by atoms with Crippen molar-refractivity contribution < 1.29 is 110 Å². The van der Waals surface area contributed by atoms with Crippen LogP contribution in [0.2, 0.25) is 0 Å². The first-order valence-corrected chi connectivity index (χ1v) is 28.9. The highest BCUT2D eigenvalue weighted by Crippen LogP contribution is 2.43. The SMILES string of the molecule is CC1(C)OB(B2OC(C)(C)C(C)(C)O2)OC1(C)C.Cc1cc(O)ccc1Br.Cc1cc(OCC(F)(F)F)ccc1B(O)O.Cc1cc(OCC(F)(F)F)ccc1B1OC(C)(C)C(C)(C)O1.Cc1cc(OCC(F)(F)F)ccc1Br.FC(F)(F)CI. The van der Waals surface area contributed by atoms with E-state index < -0.39 is 88.4 Å². The average Bonchev–Trinajstić information content (AvgIpc) is 2.05. The largest absolute Gasteiger partial charge is 0.508 e. The van der Waals surface area contributed by atoms with Gasteiger partial charge in [0, 0.05) is 8.95 Å². The van der Waals surface area contributed by atoms with E-state index in [1.54, 1.807) is 57.2 Å². The van der Waals surface area contributed by atoms with Gasteiger partial charge in [0.05, 0.1) is 38.0 Å². The second kappa shape index (κ2) is 30.6. The molecule has 12 nitrogen and oxygen atoms in total. The fourth-order valence-electron chi connectivity index (χ4n) is 6.83. The lowest BCUT2D eigenvalue weighted by molar-refractivity contribution is -0.154. The molecule has 31 heteroatoms. The monoisotopic (exact) mass is 1470 g/mol. The zero-order chi connectivity index (χ0) is 65.9. The molecule has 3 aliphatic heterocycles. The van der Waals surface area contributed by atoms with E-state index in [-0.39, 0.29) is 45.1 Å². The Kier molecular flexibility index (Phi) is 28.1. The second-order valence-corrected chi connectivity index (χ2v) is 25.0. The van der Waals surface area contributed by atoms with Crippen molar-refractivity contribution in [3.8, 4) is 23.0 Å². The number of benzene rings is 4. The third-order valence-corrected chi connectivity index (χ3v) is 16.3. The number of alkyl halides is 13. The summed E-state index contributed by atoms with van der Waals surface area (Å²) in [6.07, 6.45) is -17.0. The van der Waals surface area contributed by atoms with Gasteiger partial charge in [-0.25, -0.2) is 0 Å². The first kappa shape index (κ1) is 78.0. The zero-order valence-corrected chi connectivity index (χ0v) is 55.1. The Balaban J connectivity index is 0.000000361. The summed E-state index contributed by atoms with van der Waals surface area (Å²) in [5.74, 6) is 0.757. The summed E-state index contributed by atoms with van der Waals surface area (Å²) in [7, 11) is -3.13. The third-order valence-electron chi connectivity index (χ3n) is 13.7. The molecular weight excluding hydrogens is 1400 g/mol. The van der Waals surface area contributed by atoms with E-state index in [4.69, 9.17) is 47.8 Å². The second-order valence-electron chi connectivity index (χ2n) is 22.6. The fraction of sp³-hybridized carbons (Fsp3) is 0.556. The first-order chi connectivity index (χ1) is 38.2. The van der Waals surface area contributed by atoms with Crippen LogP contribution >= 0.6 is 54.5 Å². The van der Waals surface area contributed by atoms with E-state index >= 15 is 0 Å². The normalized spacial score (nSPS) is 17.9. The molecule has 4 aromatic rings. The van der Waals surface area contributed by atoms with Crippen molar-refractivity contribution in [3.05, 3.63) is 104 Å². The molecule has 0 saturated carbocycles. The van der Waals surface area contributed by atoms with Crippen LogP contribution in [-0.4, -0.2) is 126 Å². The van der Waals surface area contributed by atoms with Gasteiger partial charge < -0.3 is 57.3 Å². The maximum Gasteiger partial charge on any atom is 0.495 e. The van der Waals surface area contributed by atoms with Crippen LogP contribution in [0.3, 0.4) is 0 Å². The van der Waals surface area contributed by atoms with E-state index in [2.05, 4.69) is 41.3 Å². The van der Waals surface area contributed by atoms with E-state index in [1.807, 2.05) is 96.1 Å². The maximum absolute atomic E-state index is 12.2. The van der Waals surface area contributed by atoms with Gasteiger partial charge in [0.25, 0.3) is 0 Å². The minimum Gasteiger partial charge on any atom is -0.508 e. The molecule has 0 bridgehead atoms. The van der Waals surface area contributed by atoms with Gasteiger partial charge in [-0.15, -0.1) is 0 Å². The fourth-order valence-corrected chi connectivity index (χ4v) is 7.32. The Morgan fingerprint density at radius 3 is 1.02 bits per heavy atom. The molecule has 0 unspecified atom stereocenters. The average molecular weight is 1470 g/mol. The predicted molar refractivity (Wildman–Crippen MR) is 319 cm³/mol. The standard InChI is InChI=1S/C15H20BF3O3.C12H24B2O4.C9H10BF3O3.C9H8BrF3O.C7H7BrO.C2H2F3I/c1-10-8-11(20-9-15(17,18)19)6-7-12(10)16-21-13(2,3)14(4,5)22-16;1-9(2)10(3,4)16-13(15-9)14-17-11(5,6)12(7,8)18-14;1-6-4-7(16-5-9(11,12)13)2-3-8(6)10(14)15;1-6-4-7(2-3-8(6)10)14-5-9(11,12)13;1-5-4-6(9)2-3-7(5)8;3-2(4,5)1-6/h6-8H,9H2,1-5H3;1-8H3;2-4,14-15H,5H2,1H3;2-4H,5H2,1H3;2-4,9H,1H3;1H2. The van der Waals surface area contributed by atoms with Crippen LogP contribution in [0, 0.1) is 27.7 Å². The van der Waals surface area contributed by atoms with Crippen molar-refractivity contribution in [1.82, 2.24) is 0 Å². The molecule has 85 heavy (non-hydrogen) atoms. The van der Waals surface area contributed by atoms with E-state index in [1.165, 1.54) is 52.9 Å². The highest BCUT2D eigenvalue weighted by molar-refractivity contribution is 14.1. The number of phenolic OH excluding ortho intramolecular Hbond substituents is 1. The first-order valence-electron chi connectivity index (χ1n) is 25.8. The molecule has 476 valence electrons. The van der Waals surface area contributed by atoms with Gasteiger partial charge in [-0.05, 0) is 205 Å². The smallest absolute Gasteiger partial charge is 0.495 e. The molecule has 4 aromatic carbocycles. The molecule has 0 spiro atoms. The van der Waals surface area contributed by atoms with Gasteiger partial charge in [-0.2, -0.15) is 52.7 Å². The molecule has 0 amide bonds. The lowest BCUT2D eigenvalue weighted by atomic mass is 9.49. The van der Waals surface area contributed by atoms with Crippen LogP contribution in [0.4, 0.5) is 52.7 Å².